The number of piperidine rings is 1. The van der Waals surface area contributed by atoms with Crippen molar-refractivity contribution in [3.8, 4) is 5.75 Å². The summed E-state index contributed by atoms with van der Waals surface area (Å²) in [6.07, 6.45) is 4.02. The molecule has 1 aromatic rings. The first-order valence-corrected chi connectivity index (χ1v) is 7.89. The second kappa shape index (κ2) is 7.46. The lowest BCUT2D eigenvalue weighted by atomic mass is 9.99. The number of aromatic hydroxyl groups is 1. The molecule has 4 nitrogen and oxygen atoms in total. The topological polar surface area (TPSA) is 52.6 Å². The third kappa shape index (κ3) is 4.46. The number of phenolic OH excluding ortho intramolecular Hbond substituents is 1. The van der Waals surface area contributed by atoms with Gasteiger partial charge in [0.2, 0.25) is 5.91 Å². The maximum atomic E-state index is 12.4. The molecule has 0 radical (unpaired) electrons. The largest absolute Gasteiger partial charge is 0.508 e. The van der Waals surface area contributed by atoms with Crippen LogP contribution in [0, 0.1) is 0 Å². The molecular weight excluding hydrogens is 264 g/mol. The molecule has 1 aromatic carbocycles. The van der Waals surface area contributed by atoms with Crippen molar-refractivity contribution in [3.05, 3.63) is 29.8 Å². The zero-order chi connectivity index (χ0) is 15.2. The number of nitrogens with zero attached hydrogens (tertiary/aromatic N) is 1. The van der Waals surface area contributed by atoms with Crippen molar-refractivity contribution >= 4 is 5.91 Å². The van der Waals surface area contributed by atoms with Crippen LogP contribution in [-0.4, -0.2) is 41.1 Å². The van der Waals surface area contributed by atoms with Crippen molar-refractivity contribution in [1.82, 2.24) is 10.2 Å². The Morgan fingerprint density at radius 1 is 1.43 bits per heavy atom. The molecule has 21 heavy (non-hydrogen) atoms. The van der Waals surface area contributed by atoms with Crippen molar-refractivity contribution in [3.63, 3.8) is 0 Å². The van der Waals surface area contributed by atoms with Crippen molar-refractivity contribution in [2.45, 2.75) is 51.6 Å². The fourth-order valence-electron chi connectivity index (χ4n) is 3.01. The molecule has 1 heterocycles. The molecule has 0 aromatic heterocycles. The van der Waals surface area contributed by atoms with E-state index in [1.807, 2.05) is 12.1 Å². The molecule has 1 atom stereocenters. The van der Waals surface area contributed by atoms with Crippen molar-refractivity contribution < 1.29 is 9.90 Å². The summed E-state index contributed by atoms with van der Waals surface area (Å²) in [7, 11) is 0. The molecule has 2 rings (SSSR count). The van der Waals surface area contributed by atoms with Crippen LogP contribution in [0.2, 0.25) is 0 Å². The van der Waals surface area contributed by atoms with Crippen LogP contribution in [0.4, 0.5) is 0 Å². The van der Waals surface area contributed by atoms with Crippen LogP contribution in [0.25, 0.3) is 0 Å². The third-order valence-corrected chi connectivity index (χ3v) is 4.13. The summed E-state index contributed by atoms with van der Waals surface area (Å²) in [6.45, 7) is 5.93. The lowest BCUT2D eigenvalue weighted by Gasteiger charge is -2.37. The maximum Gasteiger partial charge on any atom is 0.237 e. The summed E-state index contributed by atoms with van der Waals surface area (Å²) >= 11 is 0. The lowest BCUT2D eigenvalue weighted by Crippen LogP contribution is -2.52. The Kier molecular flexibility index (Phi) is 5.62. The summed E-state index contributed by atoms with van der Waals surface area (Å²) in [5.74, 6) is 0.417. The first-order chi connectivity index (χ1) is 10.1. The van der Waals surface area contributed by atoms with Crippen LogP contribution in [-0.2, 0) is 11.2 Å². The van der Waals surface area contributed by atoms with Crippen LogP contribution >= 0.6 is 0 Å². The van der Waals surface area contributed by atoms with Crippen molar-refractivity contribution in [2.24, 2.45) is 0 Å². The molecule has 1 amide bonds. The molecule has 0 bridgehead atoms. The van der Waals surface area contributed by atoms with Crippen LogP contribution < -0.4 is 5.32 Å². The zero-order valence-electron chi connectivity index (χ0n) is 13.0. The van der Waals surface area contributed by atoms with E-state index in [0.717, 1.165) is 31.4 Å². The van der Waals surface area contributed by atoms with Gasteiger partial charge in [0, 0.05) is 12.6 Å². The van der Waals surface area contributed by atoms with Crippen LogP contribution in [0.5, 0.6) is 5.75 Å². The van der Waals surface area contributed by atoms with Gasteiger partial charge in [-0.1, -0.05) is 18.6 Å². The number of benzene rings is 1. The predicted octanol–water partition coefficient (Wildman–Crippen LogP) is 2.31. The highest BCUT2D eigenvalue weighted by atomic mass is 16.3. The molecule has 1 unspecified atom stereocenters. The van der Waals surface area contributed by atoms with Gasteiger partial charge < -0.3 is 10.4 Å². The average molecular weight is 290 g/mol. The van der Waals surface area contributed by atoms with Gasteiger partial charge in [0.15, 0.2) is 0 Å². The standard InChI is InChI=1S/C17H26N2O2/c1-13(2)19-11-4-3-8-16(19)17(21)18-10-9-14-6-5-7-15(20)12-14/h5-7,12-13,16,20H,3-4,8-11H2,1-2H3,(H,18,21). The zero-order valence-corrected chi connectivity index (χ0v) is 13.0. The fourth-order valence-corrected chi connectivity index (χ4v) is 3.01. The average Bonchev–Trinajstić information content (AvgIpc) is 2.47. The van der Waals surface area contributed by atoms with E-state index in [9.17, 15) is 9.90 Å². The lowest BCUT2D eigenvalue weighted by molar-refractivity contribution is -0.128. The van der Waals surface area contributed by atoms with E-state index in [-0.39, 0.29) is 17.7 Å². The Morgan fingerprint density at radius 2 is 2.24 bits per heavy atom. The first kappa shape index (κ1) is 15.8. The first-order valence-electron chi connectivity index (χ1n) is 7.89. The number of amides is 1. The van der Waals surface area contributed by atoms with Gasteiger partial charge in [0.25, 0.3) is 0 Å². The maximum absolute atomic E-state index is 12.4. The molecule has 1 aliphatic rings. The highest BCUT2D eigenvalue weighted by molar-refractivity contribution is 5.81. The second-order valence-corrected chi connectivity index (χ2v) is 6.05. The third-order valence-electron chi connectivity index (χ3n) is 4.13. The Balaban J connectivity index is 1.83. The number of rotatable bonds is 5. The molecule has 0 spiro atoms. The molecule has 2 N–H and O–H groups in total. The van der Waals surface area contributed by atoms with Gasteiger partial charge in [-0.15, -0.1) is 0 Å². The van der Waals surface area contributed by atoms with Gasteiger partial charge >= 0.3 is 0 Å². The summed E-state index contributed by atoms with van der Waals surface area (Å²) in [5, 5.41) is 12.5. The SMILES string of the molecule is CC(C)N1CCCCC1C(=O)NCCc1cccc(O)c1. The highest BCUT2D eigenvalue weighted by Crippen LogP contribution is 2.19. The van der Waals surface area contributed by atoms with Crippen LogP contribution in [0.3, 0.4) is 0 Å². The number of carbonyl (C=O) groups is 1. The van der Waals surface area contributed by atoms with E-state index < -0.39 is 0 Å². The van der Waals surface area contributed by atoms with Gasteiger partial charge in [0.1, 0.15) is 5.75 Å². The number of hydrogen-bond acceptors (Lipinski definition) is 3. The fraction of sp³-hybridized carbons (Fsp3) is 0.588. The summed E-state index contributed by atoms with van der Waals surface area (Å²) < 4.78 is 0. The molecule has 116 valence electrons. The monoisotopic (exact) mass is 290 g/mol. The Bertz CT molecular complexity index is 474. The number of likely N-dealkylation sites (tertiary alicyclic amines) is 1. The second-order valence-electron chi connectivity index (χ2n) is 6.05. The van der Waals surface area contributed by atoms with Crippen LogP contribution in [0.15, 0.2) is 24.3 Å². The van der Waals surface area contributed by atoms with Gasteiger partial charge in [-0.3, -0.25) is 9.69 Å². The van der Waals surface area contributed by atoms with E-state index in [2.05, 4.69) is 24.1 Å². The summed E-state index contributed by atoms with van der Waals surface area (Å²) in [4.78, 5) is 14.7. The van der Waals surface area contributed by atoms with Gasteiger partial charge in [-0.25, -0.2) is 0 Å². The van der Waals surface area contributed by atoms with Crippen molar-refractivity contribution in [2.75, 3.05) is 13.1 Å². The number of carbonyl (C=O) groups excluding carboxylic acids is 1. The van der Waals surface area contributed by atoms with Gasteiger partial charge in [-0.2, -0.15) is 0 Å². The van der Waals surface area contributed by atoms with E-state index in [1.54, 1.807) is 12.1 Å². The normalized spacial score (nSPS) is 19.7. The minimum atomic E-state index is 0.0166. The molecule has 4 heteroatoms. The van der Waals surface area contributed by atoms with Crippen molar-refractivity contribution in [1.29, 1.82) is 0 Å². The number of nitrogens with one attached hydrogen (secondary N) is 1. The van der Waals surface area contributed by atoms with E-state index in [4.69, 9.17) is 0 Å². The highest BCUT2D eigenvalue weighted by Gasteiger charge is 2.29. The Morgan fingerprint density at radius 3 is 2.95 bits per heavy atom. The summed E-state index contributed by atoms with van der Waals surface area (Å²) in [5.41, 5.74) is 1.04. The molecule has 1 fully saturated rings. The molecule has 0 saturated carbocycles. The van der Waals surface area contributed by atoms with Crippen LogP contribution in [0.1, 0.15) is 38.7 Å². The predicted molar refractivity (Wildman–Crippen MR) is 84.3 cm³/mol. The van der Waals surface area contributed by atoms with Gasteiger partial charge in [0.05, 0.1) is 6.04 Å². The molecule has 1 aliphatic heterocycles. The Labute approximate surface area is 127 Å². The minimum absolute atomic E-state index is 0.0166. The quantitative estimate of drug-likeness (QED) is 0.875. The molecule has 1 saturated heterocycles. The smallest absolute Gasteiger partial charge is 0.237 e. The van der Waals surface area contributed by atoms with E-state index in [0.29, 0.717) is 12.6 Å². The molecule has 0 aliphatic carbocycles. The molecular formula is C17H26N2O2. The van der Waals surface area contributed by atoms with Gasteiger partial charge in [-0.05, 0) is 57.4 Å². The minimum Gasteiger partial charge on any atom is -0.508 e. The summed E-state index contributed by atoms with van der Waals surface area (Å²) in [6, 6.07) is 7.62. The van der Waals surface area contributed by atoms with E-state index >= 15 is 0 Å². The number of phenols is 1. The number of hydrogen-bond donors (Lipinski definition) is 2. The Hall–Kier alpha value is -1.55. The van der Waals surface area contributed by atoms with E-state index in [1.165, 1.54) is 6.42 Å².